The molecule has 2 N–H and O–H groups in total. The van der Waals surface area contributed by atoms with Crippen LogP contribution in [0.1, 0.15) is 33.7 Å². The van der Waals surface area contributed by atoms with Crippen LogP contribution in [0.4, 0.5) is 0 Å². The van der Waals surface area contributed by atoms with Gasteiger partial charge in [0.15, 0.2) is 5.58 Å². The van der Waals surface area contributed by atoms with Crippen LogP contribution in [0.25, 0.3) is 11.1 Å². The predicted octanol–water partition coefficient (Wildman–Crippen LogP) is 3.54. The second-order valence-electron chi connectivity index (χ2n) is 6.30. The lowest BCUT2D eigenvalue weighted by Gasteiger charge is -2.16. The fraction of sp³-hybridized carbons (Fsp3) is 0.350. The fourth-order valence-corrected chi connectivity index (χ4v) is 3.24. The molecule has 0 bridgehead atoms. The highest BCUT2D eigenvalue weighted by Gasteiger charge is 2.11. The average Bonchev–Trinajstić information content (AvgIpc) is 2.99. The highest BCUT2D eigenvalue weighted by atomic mass is 16.5. The SMILES string of the molecule is COc1ccc2oc(CNCc3c(C)cc(C)c(CO)c3C)nc2c1. The summed E-state index contributed by atoms with van der Waals surface area (Å²) in [6, 6.07) is 7.72. The van der Waals surface area contributed by atoms with Gasteiger partial charge in [-0.25, -0.2) is 4.98 Å². The number of nitrogens with zero attached hydrogens (tertiary/aromatic N) is 1. The van der Waals surface area contributed by atoms with Crippen molar-refractivity contribution in [3.05, 3.63) is 58.0 Å². The zero-order chi connectivity index (χ0) is 18.0. The molecule has 25 heavy (non-hydrogen) atoms. The van der Waals surface area contributed by atoms with Crippen molar-refractivity contribution in [3.8, 4) is 5.75 Å². The van der Waals surface area contributed by atoms with Crippen LogP contribution in [0.3, 0.4) is 0 Å². The second-order valence-corrected chi connectivity index (χ2v) is 6.30. The van der Waals surface area contributed by atoms with E-state index in [0.29, 0.717) is 19.0 Å². The molecule has 3 rings (SSSR count). The zero-order valence-corrected chi connectivity index (χ0v) is 15.1. The molecular formula is C20H24N2O3. The number of aliphatic hydroxyl groups excluding tert-OH is 1. The van der Waals surface area contributed by atoms with Gasteiger partial charge in [0.05, 0.1) is 20.3 Å². The third kappa shape index (κ3) is 3.52. The Balaban J connectivity index is 1.73. The maximum Gasteiger partial charge on any atom is 0.209 e. The van der Waals surface area contributed by atoms with E-state index >= 15 is 0 Å². The highest BCUT2D eigenvalue weighted by Crippen LogP contribution is 2.23. The summed E-state index contributed by atoms with van der Waals surface area (Å²) in [5.74, 6) is 1.41. The molecule has 0 saturated heterocycles. The first kappa shape index (κ1) is 17.5. The molecule has 1 heterocycles. The highest BCUT2D eigenvalue weighted by molar-refractivity contribution is 5.74. The Kier molecular flexibility index (Phi) is 5.06. The van der Waals surface area contributed by atoms with Crippen molar-refractivity contribution in [2.24, 2.45) is 0 Å². The Morgan fingerprint density at radius 3 is 2.56 bits per heavy atom. The topological polar surface area (TPSA) is 67.5 Å². The van der Waals surface area contributed by atoms with E-state index in [-0.39, 0.29) is 6.61 Å². The van der Waals surface area contributed by atoms with E-state index in [0.717, 1.165) is 33.5 Å². The minimum Gasteiger partial charge on any atom is -0.497 e. The lowest BCUT2D eigenvalue weighted by molar-refractivity contribution is 0.280. The number of ether oxygens (including phenoxy) is 1. The smallest absolute Gasteiger partial charge is 0.209 e. The molecule has 0 spiro atoms. The fourth-order valence-electron chi connectivity index (χ4n) is 3.24. The molecule has 0 aliphatic carbocycles. The molecule has 5 nitrogen and oxygen atoms in total. The summed E-state index contributed by atoms with van der Waals surface area (Å²) in [6.45, 7) is 7.51. The Morgan fingerprint density at radius 1 is 1.08 bits per heavy atom. The lowest BCUT2D eigenvalue weighted by Crippen LogP contribution is -2.16. The first-order valence-corrected chi connectivity index (χ1v) is 8.37. The summed E-state index contributed by atoms with van der Waals surface area (Å²) in [5.41, 5.74) is 7.28. The summed E-state index contributed by atoms with van der Waals surface area (Å²) in [7, 11) is 1.64. The number of rotatable bonds is 6. The van der Waals surface area contributed by atoms with Gasteiger partial charge in [0.2, 0.25) is 5.89 Å². The number of aromatic nitrogens is 1. The largest absolute Gasteiger partial charge is 0.497 e. The van der Waals surface area contributed by atoms with Gasteiger partial charge in [0, 0.05) is 12.6 Å². The second kappa shape index (κ2) is 7.25. The number of hydrogen-bond acceptors (Lipinski definition) is 5. The van der Waals surface area contributed by atoms with Crippen LogP contribution in [0, 0.1) is 20.8 Å². The normalized spacial score (nSPS) is 11.2. The third-order valence-electron chi connectivity index (χ3n) is 4.67. The van der Waals surface area contributed by atoms with Crippen molar-refractivity contribution < 1.29 is 14.3 Å². The number of oxazole rings is 1. The van der Waals surface area contributed by atoms with Gasteiger partial charge in [-0.3, -0.25) is 0 Å². The van der Waals surface area contributed by atoms with Gasteiger partial charge in [0.1, 0.15) is 11.3 Å². The van der Waals surface area contributed by atoms with Crippen LogP contribution in [0.15, 0.2) is 28.7 Å². The van der Waals surface area contributed by atoms with E-state index in [2.05, 4.69) is 30.2 Å². The van der Waals surface area contributed by atoms with E-state index < -0.39 is 0 Å². The van der Waals surface area contributed by atoms with Crippen LogP contribution in [-0.4, -0.2) is 17.2 Å². The van der Waals surface area contributed by atoms with Gasteiger partial charge in [-0.15, -0.1) is 0 Å². The van der Waals surface area contributed by atoms with E-state index in [1.54, 1.807) is 7.11 Å². The Hall–Kier alpha value is -2.37. The molecule has 3 aromatic rings. The van der Waals surface area contributed by atoms with Gasteiger partial charge >= 0.3 is 0 Å². The number of nitrogens with one attached hydrogen (secondary N) is 1. The summed E-state index contributed by atoms with van der Waals surface area (Å²) in [5, 5.41) is 13.0. The summed E-state index contributed by atoms with van der Waals surface area (Å²) >= 11 is 0. The lowest BCUT2D eigenvalue weighted by atomic mass is 9.94. The van der Waals surface area contributed by atoms with E-state index in [1.165, 1.54) is 11.1 Å². The number of fused-ring (bicyclic) bond motifs is 1. The van der Waals surface area contributed by atoms with Crippen LogP contribution in [0.5, 0.6) is 5.75 Å². The first-order valence-electron chi connectivity index (χ1n) is 8.37. The van der Waals surface area contributed by atoms with E-state index in [1.807, 2.05) is 25.1 Å². The maximum atomic E-state index is 9.59. The molecule has 0 aliphatic rings. The van der Waals surface area contributed by atoms with Crippen molar-refractivity contribution in [3.63, 3.8) is 0 Å². The number of aryl methyl sites for hydroxylation is 2. The summed E-state index contributed by atoms with van der Waals surface area (Å²) < 4.78 is 11.0. The van der Waals surface area contributed by atoms with Crippen molar-refractivity contribution in [1.29, 1.82) is 0 Å². The van der Waals surface area contributed by atoms with Crippen molar-refractivity contribution in [2.45, 2.75) is 40.5 Å². The average molecular weight is 340 g/mol. The van der Waals surface area contributed by atoms with Crippen molar-refractivity contribution >= 4 is 11.1 Å². The van der Waals surface area contributed by atoms with Gasteiger partial charge < -0.3 is 19.6 Å². The van der Waals surface area contributed by atoms with Crippen LogP contribution >= 0.6 is 0 Å². The number of benzene rings is 2. The van der Waals surface area contributed by atoms with Gasteiger partial charge in [-0.1, -0.05) is 6.07 Å². The molecule has 132 valence electrons. The Morgan fingerprint density at radius 2 is 1.84 bits per heavy atom. The molecule has 0 amide bonds. The number of aliphatic hydroxyl groups is 1. The van der Waals surface area contributed by atoms with E-state index in [4.69, 9.17) is 9.15 Å². The number of hydrogen-bond donors (Lipinski definition) is 2. The molecule has 5 heteroatoms. The Bertz CT molecular complexity index is 900. The van der Waals surface area contributed by atoms with Crippen molar-refractivity contribution in [1.82, 2.24) is 10.3 Å². The first-order chi connectivity index (χ1) is 12.0. The van der Waals surface area contributed by atoms with Crippen LogP contribution < -0.4 is 10.1 Å². The summed E-state index contributed by atoms with van der Waals surface area (Å²) in [6.07, 6.45) is 0. The molecule has 2 aromatic carbocycles. The molecule has 0 aliphatic heterocycles. The minimum atomic E-state index is 0.0674. The standard InChI is InChI=1S/C20H24N2O3/c1-12-7-13(2)17(11-23)14(3)16(12)9-21-10-20-22-18-8-15(24-4)5-6-19(18)25-20/h5-8,21,23H,9-11H2,1-4H3. The van der Waals surface area contributed by atoms with Gasteiger partial charge in [-0.05, 0) is 60.7 Å². The van der Waals surface area contributed by atoms with Gasteiger partial charge in [0.25, 0.3) is 0 Å². The van der Waals surface area contributed by atoms with E-state index in [9.17, 15) is 5.11 Å². The van der Waals surface area contributed by atoms with Gasteiger partial charge in [-0.2, -0.15) is 0 Å². The molecule has 0 saturated carbocycles. The predicted molar refractivity (Wildman–Crippen MR) is 97.7 cm³/mol. The van der Waals surface area contributed by atoms with Crippen LogP contribution in [0.2, 0.25) is 0 Å². The molecule has 0 radical (unpaired) electrons. The van der Waals surface area contributed by atoms with Crippen LogP contribution in [-0.2, 0) is 19.7 Å². The molecule has 0 atom stereocenters. The van der Waals surface area contributed by atoms with Crippen molar-refractivity contribution in [2.75, 3.05) is 7.11 Å². The number of methoxy groups -OCH3 is 1. The Labute approximate surface area is 147 Å². The monoisotopic (exact) mass is 340 g/mol. The minimum absolute atomic E-state index is 0.0674. The zero-order valence-electron chi connectivity index (χ0n) is 15.1. The summed E-state index contributed by atoms with van der Waals surface area (Å²) in [4.78, 5) is 4.50. The quantitative estimate of drug-likeness (QED) is 0.718. The maximum absolute atomic E-state index is 9.59. The molecular weight excluding hydrogens is 316 g/mol. The molecule has 1 aromatic heterocycles. The third-order valence-corrected chi connectivity index (χ3v) is 4.67. The molecule has 0 fully saturated rings. The molecule has 0 unspecified atom stereocenters.